The van der Waals surface area contributed by atoms with Gasteiger partial charge in [0.15, 0.2) is 5.82 Å². The maximum Gasteiger partial charge on any atom is 0.314 e. The van der Waals surface area contributed by atoms with E-state index in [4.69, 9.17) is 16.7 Å². The van der Waals surface area contributed by atoms with Gasteiger partial charge in [-0.3, -0.25) is 0 Å². The van der Waals surface area contributed by atoms with E-state index in [1.807, 2.05) is 25.1 Å². The predicted octanol–water partition coefficient (Wildman–Crippen LogP) is 3.47. The fraction of sp³-hybridized carbons (Fsp3) is 0.111. The first-order valence-corrected chi connectivity index (χ1v) is 5.19. The van der Waals surface area contributed by atoms with Crippen molar-refractivity contribution in [3.8, 4) is 11.4 Å². The molecule has 1 aromatic carbocycles. The van der Waals surface area contributed by atoms with E-state index in [0.717, 1.165) is 15.6 Å². The van der Waals surface area contributed by atoms with Crippen molar-refractivity contribution >= 4 is 28.1 Å². The zero-order chi connectivity index (χ0) is 10.1. The van der Waals surface area contributed by atoms with E-state index in [9.17, 15) is 0 Å². The summed E-state index contributed by atoms with van der Waals surface area (Å²) in [6, 6.07) is 5.93. The maximum atomic E-state index is 4.87. The van der Waals surface area contributed by atoms with E-state index < -0.39 is 0 Å². The normalized spacial score (nSPS) is 10.4. The molecule has 0 radical (unpaired) electrons. The van der Waals surface area contributed by atoms with Gasteiger partial charge in [0.25, 0.3) is 0 Å². The van der Waals surface area contributed by atoms with Crippen LogP contribution in [0.2, 0.25) is 0 Å². The smallest absolute Gasteiger partial charge is 0.314 e. The van der Waals surface area contributed by atoms with Crippen molar-refractivity contribution < 1.29 is 4.52 Å². The van der Waals surface area contributed by atoms with Crippen LogP contribution in [0.25, 0.3) is 11.4 Å². The number of halogens is 1. The fourth-order valence-corrected chi connectivity index (χ4v) is 1.85. The van der Waals surface area contributed by atoms with Crippen LogP contribution >= 0.6 is 28.1 Å². The number of hydrogen-bond acceptors (Lipinski definition) is 3. The molecule has 0 aliphatic heterocycles. The summed E-state index contributed by atoms with van der Waals surface area (Å²) in [7, 11) is 0. The largest absolute Gasteiger partial charge is 0.348 e. The molecule has 0 spiro atoms. The molecule has 0 fully saturated rings. The Morgan fingerprint density at radius 2 is 2.29 bits per heavy atom. The number of nitrogens with zero attached hydrogens (tertiary/aromatic N) is 1. The van der Waals surface area contributed by atoms with Gasteiger partial charge in [-0.25, -0.2) is 5.16 Å². The topological polar surface area (TPSA) is 41.8 Å². The quantitative estimate of drug-likeness (QED) is 0.807. The van der Waals surface area contributed by atoms with Crippen molar-refractivity contribution in [3.05, 3.63) is 33.1 Å². The summed E-state index contributed by atoms with van der Waals surface area (Å²) in [5, 5.41) is 2.68. The third kappa shape index (κ3) is 1.78. The fourth-order valence-electron chi connectivity index (χ4n) is 1.24. The van der Waals surface area contributed by atoms with E-state index in [0.29, 0.717) is 5.82 Å². The lowest BCUT2D eigenvalue weighted by Crippen LogP contribution is -1.84. The van der Waals surface area contributed by atoms with E-state index in [1.54, 1.807) is 0 Å². The van der Waals surface area contributed by atoms with Gasteiger partial charge < -0.3 is 4.52 Å². The minimum atomic E-state index is 0.224. The molecular weight excluding hydrogens is 264 g/mol. The van der Waals surface area contributed by atoms with Crippen LogP contribution in [0, 0.1) is 11.8 Å². The molecule has 72 valence electrons. The molecule has 0 aliphatic carbocycles. The summed E-state index contributed by atoms with van der Waals surface area (Å²) >= 11 is 8.18. The molecule has 1 aromatic heterocycles. The number of aromatic nitrogens is 2. The molecule has 14 heavy (non-hydrogen) atoms. The van der Waals surface area contributed by atoms with Crippen molar-refractivity contribution in [2.75, 3.05) is 0 Å². The van der Waals surface area contributed by atoms with Crippen LogP contribution in [0.15, 0.2) is 27.2 Å². The molecule has 0 saturated carbocycles. The van der Waals surface area contributed by atoms with Crippen molar-refractivity contribution in [1.82, 2.24) is 10.1 Å². The minimum absolute atomic E-state index is 0.224. The zero-order valence-corrected chi connectivity index (χ0v) is 9.78. The standard InChI is InChI=1S/C9H7BrN2OS/c1-5-4-6(10)2-3-7(5)8-11-9(14)13-12-8/h2-4H,1H3,(H,11,12,14). The second-order valence-electron chi connectivity index (χ2n) is 2.89. The number of H-pyrrole nitrogens is 1. The number of rotatable bonds is 1. The number of nitrogens with one attached hydrogen (secondary N) is 1. The Bertz CT molecular complexity index is 518. The summed E-state index contributed by atoms with van der Waals surface area (Å²) in [6.45, 7) is 2.01. The summed E-state index contributed by atoms with van der Waals surface area (Å²) in [6.07, 6.45) is 0. The second-order valence-corrected chi connectivity index (χ2v) is 4.15. The molecule has 2 aromatic rings. The lowest BCUT2D eigenvalue weighted by atomic mass is 10.1. The summed E-state index contributed by atoms with van der Waals surface area (Å²) in [4.78, 5) is 4.27. The highest BCUT2D eigenvalue weighted by Crippen LogP contribution is 2.23. The minimum Gasteiger partial charge on any atom is -0.348 e. The average molecular weight is 271 g/mol. The molecule has 1 heterocycles. The number of aromatic amines is 1. The van der Waals surface area contributed by atoms with Gasteiger partial charge in [-0.1, -0.05) is 15.9 Å². The molecule has 0 aliphatic rings. The first kappa shape index (κ1) is 9.61. The molecular formula is C9H7BrN2OS. The molecule has 0 amide bonds. The van der Waals surface area contributed by atoms with Crippen molar-refractivity contribution in [1.29, 1.82) is 0 Å². The predicted molar refractivity (Wildman–Crippen MR) is 59.6 cm³/mol. The van der Waals surface area contributed by atoms with Crippen LogP contribution in [-0.2, 0) is 0 Å². The third-order valence-corrected chi connectivity index (χ3v) is 2.55. The average Bonchev–Trinajstić information content (AvgIpc) is 2.51. The Labute approximate surface area is 94.3 Å². The van der Waals surface area contributed by atoms with Gasteiger partial charge in [0, 0.05) is 10.0 Å². The van der Waals surface area contributed by atoms with Gasteiger partial charge in [0.1, 0.15) is 0 Å². The van der Waals surface area contributed by atoms with Crippen LogP contribution in [0.4, 0.5) is 0 Å². The molecule has 1 N–H and O–H groups in total. The SMILES string of the molecule is Cc1cc(Br)ccc1-c1nc(=S)o[nH]1. The highest BCUT2D eigenvalue weighted by atomic mass is 79.9. The summed E-state index contributed by atoms with van der Waals surface area (Å²) in [5.74, 6) is 0.667. The van der Waals surface area contributed by atoms with Gasteiger partial charge in [-0.15, -0.1) is 0 Å². The number of hydrogen-bond donors (Lipinski definition) is 1. The van der Waals surface area contributed by atoms with Gasteiger partial charge in [-0.05, 0) is 42.9 Å². The summed E-state index contributed by atoms with van der Waals surface area (Å²) < 4.78 is 5.91. The maximum absolute atomic E-state index is 4.87. The Hall–Kier alpha value is -0.940. The third-order valence-electron chi connectivity index (χ3n) is 1.88. The Morgan fingerprint density at radius 1 is 1.50 bits per heavy atom. The highest BCUT2D eigenvalue weighted by Gasteiger charge is 2.05. The molecule has 0 unspecified atom stereocenters. The lowest BCUT2D eigenvalue weighted by Gasteiger charge is -2.01. The van der Waals surface area contributed by atoms with E-state index in [2.05, 4.69) is 26.1 Å². The van der Waals surface area contributed by atoms with E-state index >= 15 is 0 Å². The number of benzene rings is 1. The van der Waals surface area contributed by atoms with Gasteiger partial charge >= 0.3 is 4.84 Å². The first-order valence-electron chi connectivity index (χ1n) is 3.99. The van der Waals surface area contributed by atoms with Crippen LogP contribution in [0.1, 0.15) is 5.56 Å². The van der Waals surface area contributed by atoms with Crippen LogP contribution in [-0.4, -0.2) is 10.1 Å². The van der Waals surface area contributed by atoms with Gasteiger partial charge in [0.2, 0.25) is 0 Å². The lowest BCUT2D eigenvalue weighted by molar-refractivity contribution is 0.406. The second kappa shape index (κ2) is 3.67. The van der Waals surface area contributed by atoms with Crippen molar-refractivity contribution in [2.45, 2.75) is 6.92 Å². The summed E-state index contributed by atoms with van der Waals surface area (Å²) in [5.41, 5.74) is 2.10. The van der Waals surface area contributed by atoms with Crippen LogP contribution in [0.5, 0.6) is 0 Å². The Kier molecular flexibility index (Phi) is 2.52. The molecule has 3 nitrogen and oxygen atoms in total. The first-order chi connectivity index (χ1) is 6.66. The molecule has 5 heteroatoms. The van der Waals surface area contributed by atoms with Gasteiger partial charge in [-0.2, -0.15) is 4.98 Å². The Morgan fingerprint density at radius 3 is 2.86 bits per heavy atom. The zero-order valence-electron chi connectivity index (χ0n) is 7.37. The van der Waals surface area contributed by atoms with Crippen LogP contribution in [0.3, 0.4) is 0 Å². The molecule has 2 rings (SSSR count). The molecule has 0 saturated heterocycles. The Balaban J connectivity index is 2.57. The van der Waals surface area contributed by atoms with Crippen molar-refractivity contribution in [3.63, 3.8) is 0 Å². The van der Waals surface area contributed by atoms with Gasteiger partial charge in [0.05, 0.1) is 0 Å². The van der Waals surface area contributed by atoms with Crippen molar-refractivity contribution in [2.24, 2.45) is 0 Å². The molecule has 0 atom stereocenters. The highest BCUT2D eigenvalue weighted by molar-refractivity contribution is 9.10. The van der Waals surface area contributed by atoms with E-state index in [1.165, 1.54) is 0 Å². The van der Waals surface area contributed by atoms with E-state index in [-0.39, 0.29) is 4.84 Å². The molecule has 0 bridgehead atoms. The monoisotopic (exact) mass is 270 g/mol. The number of aryl methyl sites for hydroxylation is 1. The van der Waals surface area contributed by atoms with Crippen LogP contribution < -0.4 is 0 Å².